The van der Waals surface area contributed by atoms with Gasteiger partial charge in [0.2, 0.25) is 5.91 Å². The first-order chi connectivity index (χ1) is 9.16. The van der Waals surface area contributed by atoms with E-state index in [1.165, 1.54) is 0 Å². The lowest BCUT2D eigenvalue weighted by molar-refractivity contribution is -0.122. The molecule has 5 heteroatoms. The summed E-state index contributed by atoms with van der Waals surface area (Å²) in [5.41, 5.74) is 6.22. The molecule has 0 spiro atoms. The van der Waals surface area contributed by atoms with Gasteiger partial charge in [-0.1, -0.05) is 36.8 Å². The molecule has 102 valence electrons. The van der Waals surface area contributed by atoms with E-state index in [4.69, 9.17) is 10.5 Å². The zero-order chi connectivity index (χ0) is 13.7. The first-order valence-electron chi connectivity index (χ1n) is 6.43. The third-order valence-electron chi connectivity index (χ3n) is 3.40. The highest BCUT2D eigenvalue weighted by atomic mass is 16.5. The number of hydrogen-bond acceptors (Lipinski definition) is 3. The highest BCUT2D eigenvalue weighted by Crippen LogP contribution is 2.25. The number of nitrogens with one attached hydrogen (secondary N) is 1. The van der Waals surface area contributed by atoms with Crippen LogP contribution in [-0.4, -0.2) is 18.0 Å². The molecule has 2 atom stereocenters. The molecule has 0 heterocycles. The monoisotopic (exact) mass is 262 g/mol. The SMILES string of the molecule is NC(=O)[C@H]1CCC[C@@H]1NC(=O)OCc1ccccc1. The lowest BCUT2D eigenvalue weighted by Gasteiger charge is -2.18. The fourth-order valence-electron chi connectivity index (χ4n) is 2.39. The van der Waals surface area contributed by atoms with Gasteiger partial charge in [-0.25, -0.2) is 4.79 Å². The number of amides is 2. The second kappa shape index (κ2) is 6.22. The van der Waals surface area contributed by atoms with Crippen molar-refractivity contribution in [2.75, 3.05) is 0 Å². The molecule has 0 radical (unpaired) electrons. The van der Waals surface area contributed by atoms with E-state index >= 15 is 0 Å². The van der Waals surface area contributed by atoms with E-state index in [-0.39, 0.29) is 24.5 Å². The fraction of sp³-hybridized carbons (Fsp3) is 0.429. The summed E-state index contributed by atoms with van der Waals surface area (Å²) >= 11 is 0. The Balaban J connectivity index is 1.80. The van der Waals surface area contributed by atoms with Crippen molar-refractivity contribution in [3.8, 4) is 0 Å². The number of carbonyl (C=O) groups is 2. The van der Waals surface area contributed by atoms with Crippen LogP contribution in [0.2, 0.25) is 0 Å². The Morgan fingerprint density at radius 3 is 2.68 bits per heavy atom. The van der Waals surface area contributed by atoms with E-state index in [1.807, 2.05) is 30.3 Å². The third kappa shape index (κ3) is 3.71. The molecule has 1 aliphatic rings. The summed E-state index contributed by atoms with van der Waals surface area (Å²) in [6, 6.07) is 9.25. The fourth-order valence-corrected chi connectivity index (χ4v) is 2.39. The summed E-state index contributed by atoms with van der Waals surface area (Å²) in [6.45, 7) is 0.223. The zero-order valence-corrected chi connectivity index (χ0v) is 10.7. The number of primary amides is 1. The molecular formula is C14H18N2O3. The van der Waals surface area contributed by atoms with Crippen LogP contribution >= 0.6 is 0 Å². The van der Waals surface area contributed by atoms with Gasteiger partial charge in [-0.15, -0.1) is 0 Å². The van der Waals surface area contributed by atoms with Crippen molar-refractivity contribution in [1.29, 1.82) is 0 Å². The Morgan fingerprint density at radius 1 is 1.26 bits per heavy atom. The third-order valence-corrected chi connectivity index (χ3v) is 3.40. The summed E-state index contributed by atoms with van der Waals surface area (Å²) in [5.74, 6) is -0.630. The minimum atomic E-state index is -0.498. The zero-order valence-electron chi connectivity index (χ0n) is 10.7. The molecule has 5 nitrogen and oxygen atoms in total. The average Bonchev–Trinajstić information content (AvgIpc) is 2.86. The van der Waals surface area contributed by atoms with E-state index in [9.17, 15) is 9.59 Å². The van der Waals surface area contributed by atoms with Crippen LogP contribution in [0, 0.1) is 5.92 Å². The summed E-state index contributed by atoms with van der Waals surface area (Å²) in [4.78, 5) is 22.9. The number of nitrogens with two attached hydrogens (primary N) is 1. The van der Waals surface area contributed by atoms with Gasteiger partial charge in [-0.05, 0) is 18.4 Å². The number of benzene rings is 1. The van der Waals surface area contributed by atoms with Crippen LogP contribution in [0.1, 0.15) is 24.8 Å². The van der Waals surface area contributed by atoms with Gasteiger partial charge in [0, 0.05) is 6.04 Å². The molecule has 2 amide bonds. The van der Waals surface area contributed by atoms with Crippen molar-refractivity contribution >= 4 is 12.0 Å². The van der Waals surface area contributed by atoms with Gasteiger partial charge in [0.25, 0.3) is 0 Å². The molecule has 0 aliphatic heterocycles. The largest absolute Gasteiger partial charge is 0.445 e. The molecule has 1 aliphatic carbocycles. The second-order valence-electron chi connectivity index (χ2n) is 4.75. The van der Waals surface area contributed by atoms with Gasteiger partial charge >= 0.3 is 6.09 Å². The molecule has 3 N–H and O–H groups in total. The molecule has 1 saturated carbocycles. The summed E-state index contributed by atoms with van der Waals surface area (Å²) < 4.78 is 5.12. The van der Waals surface area contributed by atoms with E-state index in [0.717, 1.165) is 24.8 Å². The maximum absolute atomic E-state index is 11.7. The molecule has 0 bridgehead atoms. The number of carbonyl (C=O) groups excluding carboxylic acids is 2. The van der Waals surface area contributed by atoms with Gasteiger partial charge in [0.15, 0.2) is 0 Å². The van der Waals surface area contributed by atoms with Gasteiger partial charge < -0.3 is 15.8 Å². The van der Waals surface area contributed by atoms with Gasteiger partial charge in [-0.3, -0.25) is 4.79 Å². The van der Waals surface area contributed by atoms with Crippen LogP contribution in [0.3, 0.4) is 0 Å². The summed E-state index contributed by atoms with van der Waals surface area (Å²) in [5, 5.41) is 2.72. The van der Waals surface area contributed by atoms with Crippen LogP contribution in [-0.2, 0) is 16.1 Å². The van der Waals surface area contributed by atoms with Crippen molar-refractivity contribution in [3.05, 3.63) is 35.9 Å². The topological polar surface area (TPSA) is 81.4 Å². The Bertz CT molecular complexity index is 447. The normalized spacial score (nSPS) is 21.9. The number of hydrogen-bond donors (Lipinski definition) is 2. The lowest BCUT2D eigenvalue weighted by Crippen LogP contribution is -2.42. The van der Waals surface area contributed by atoms with Crippen molar-refractivity contribution in [1.82, 2.24) is 5.32 Å². The number of rotatable bonds is 4. The van der Waals surface area contributed by atoms with Crippen LogP contribution in [0.25, 0.3) is 0 Å². The first-order valence-corrected chi connectivity index (χ1v) is 6.43. The lowest BCUT2D eigenvalue weighted by atomic mass is 10.0. The molecule has 1 aromatic rings. The Labute approximate surface area is 112 Å². The number of alkyl carbamates (subject to hydrolysis) is 1. The maximum atomic E-state index is 11.7. The average molecular weight is 262 g/mol. The highest BCUT2D eigenvalue weighted by Gasteiger charge is 2.32. The first kappa shape index (κ1) is 13.4. The van der Waals surface area contributed by atoms with E-state index in [1.54, 1.807) is 0 Å². The van der Waals surface area contributed by atoms with E-state index < -0.39 is 6.09 Å². The Hall–Kier alpha value is -2.04. The van der Waals surface area contributed by atoms with E-state index in [2.05, 4.69) is 5.32 Å². The molecule has 2 rings (SSSR count). The number of ether oxygens (including phenoxy) is 1. The van der Waals surface area contributed by atoms with Gasteiger partial charge in [0.1, 0.15) is 6.61 Å². The second-order valence-corrected chi connectivity index (χ2v) is 4.75. The molecule has 0 aromatic heterocycles. The Morgan fingerprint density at radius 2 is 2.00 bits per heavy atom. The summed E-state index contributed by atoms with van der Waals surface area (Å²) in [6.07, 6.45) is 1.91. The predicted octanol–water partition coefficient (Wildman–Crippen LogP) is 1.57. The highest BCUT2D eigenvalue weighted by molar-refractivity contribution is 5.79. The predicted molar refractivity (Wildman–Crippen MR) is 70.1 cm³/mol. The maximum Gasteiger partial charge on any atom is 0.407 e. The molecular weight excluding hydrogens is 244 g/mol. The standard InChI is InChI=1S/C14H18N2O3/c15-13(17)11-7-4-8-12(11)16-14(18)19-9-10-5-2-1-3-6-10/h1-3,5-6,11-12H,4,7-9H2,(H2,15,17)(H,16,18)/t11-,12-/m0/s1. The van der Waals surface area contributed by atoms with Gasteiger partial charge in [0.05, 0.1) is 5.92 Å². The minimum Gasteiger partial charge on any atom is -0.445 e. The van der Waals surface area contributed by atoms with Crippen molar-refractivity contribution < 1.29 is 14.3 Å². The van der Waals surface area contributed by atoms with Crippen molar-refractivity contribution in [3.63, 3.8) is 0 Å². The molecule has 19 heavy (non-hydrogen) atoms. The smallest absolute Gasteiger partial charge is 0.407 e. The van der Waals surface area contributed by atoms with Crippen LogP contribution in [0.4, 0.5) is 4.79 Å². The van der Waals surface area contributed by atoms with Crippen molar-refractivity contribution in [2.24, 2.45) is 11.7 Å². The molecule has 0 saturated heterocycles. The Kier molecular flexibility index (Phi) is 4.39. The van der Waals surface area contributed by atoms with Crippen LogP contribution < -0.4 is 11.1 Å². The molecule has 1 fully saturated rings. The molecule has 0 unspecified atom stereocenters. The van der Waals surface area contributed by atoms with Crippen LogP contribution in [0.15, 0.2) is 30.3 Å². The summed E-state index contributed by atoms with van der Waals surface area (Å²) in [7, 11) is 0. The minimum absolute atomic E-state index is 0.194. The van der Waals surface area contributed by atoms with Crippen LogP contribution in [0.5, 0.6) is 0 Å². The van der Waals surface area contributed by atoms with E-state index in [0.29, 0.717) is 0 Å². The van der Waals surface area contributed by atoms with Gasteiger partial charge in [-0.2, -0.15) is 0 Å². The quantitative estimate of drug-likeness (QED) is 0.864. The molecule has 1 aromatic carbocycles. The van der Waals surface area contributed by atoms with Crippen molar-refractivity contribution in [2.45, 2.75) is 31.9 Å².